The molecule has 19 heavy (non-hydrogen) atoms. The molecule has 1 aliphatic carbocycles. The van der Waals surface area contributed by atoms with Gasteiger partial charge in [-0.05, 0) is 25.0 Å². The average molecular weight is 263 g/mol. The molecule has 3 N–H and O–H groups in total. The van der Waals surface area contributed by atoms with E-state index in [1.165, 1.54) is 12.1 Å². The molecule has 1 fully saturated rings. The van der Waals surface area contributed by atoms with Crippen LogP contribution in [0.3, 0.4) is 0 Å². The van der Waals surface area contributed by atoms with Crippen LogP contribution in [0.4, 0.5) is 5.69 Å². The fourth-order valence-corrected chi connectivity index (χ4v) is 2.56. The number of rotatable bonds is 3. The number of anilines is 1. The second-order valence-corrected chi connectivity index (χ2v) is 4.88. The Morgan fingerprint density at radius 1 is 1.16 bits per heavy atom. The molecule has 0 aliphatic heterocycles. The molecule has 2 atom stereocenters. The summed E-state index contributed by atoms with van der Waals surface area (Å²) in [6.07, 6.45) is 2.88. The molecule has 0 saturated heterocycles. The number of carbonyl (C=O) groups is 2. The van der Waals surface area contributed by atoms with E-state index >= 15 is 0 Å². The summed E-state index contributed by atoms with van der Waals surface area (Å²) < 4.78 is 0. The maximum atomic E-state index is 12.1. The molecule has 1 saturated carbocycles. The Bertz CT molecular complexity index is 486. The molecular formula is C14H17NO4. The number of phenols is 1. The van der Waals surface area contributed by atoms with Crippen LogP contribution in [-0.4, -0.2) is 22.1 Å². The molecule has 0 bridgehead atoms. The third kappa shape index (κ3) is 3.24. The van der Waals surface area contributed by atoms with Crippen LogP contribution in [0.5, 0.6) is 5.75 Å². The highest BCUT2D eigenvalue weighted by molar-refractivity contribution is 5.95. The van der Waals surface area contributed by atoms with Crippen LogP contribution in [0.25, 0.3) is 0 Å². The van der Waals surface area contributed by atoms with Gasteiger partial charge in [0.2, 0.25) is 5.91 Å². The first-order chi connectivity index (χ1) is 9.08. The number of aromatic hydroxyl groups is 1. The maximum Gasteiger partial charge on any atom is 0.307 e. The van der Waals surface area contributed by atoms with Crippen molar-refractivity contribution in [1.29, 1.82) is 0 Å². The summed E-state index contributed by atoms with van der Waals surface area (Å²) in [5.74, 6) is -2.22. The predicted molar refractivity (Wildman–Crippen MR) is 69.8 cm³/mol. The number of carbonyl (C=O) groups excluding carboxylic acids is 1. The number of amides is 1. The van der Waals surface area contributed by atoms with E-state index in [9.17, 15) is 14.7 Å². The molecule has 1 aromatic carbocycles. The Labute approximate surface area is 111 Å². The fraction of sp³-hybridized carbons (Fsp3) is 0.429. The van der Waals surface area contributed by atoms with E-state index in [1.54, 1.807) is 12.1 Å². The average Bonchev–Trinajstić information content (AvgIpc) is 2.38. The monoisotopic (exact) mass is 263 g/mol. The second kappa shape index (κ2) is 5.73. The number of hydrogen-bond donors (Lipinski definition) is 3. The van der Waals surface area contributed by atoms with Crippen molar-refractivity contribution in [2.45, 2.75) is 25.7 Å². The van der Waals surface area contributed by atoms with Gasteiger partial charge in [-0.15, -0.1) is 0 Å². The standard InChI is InChI=1S/C14H17NO4/c16-10-5-3-4-9(8-10)15-13(17)11-6-1-2-7-12(11)14(18)19/h3-5,8,11-12,16H,1-2,6-7H2,(H,15,17)(H,18,19). The number of aliphatic carboxylic acids is 1. The van der Waals surface area contributed by atoms with E-state index in [0.717, 1.165) is 12.8 Å². The minimum atomic E-state index is -0.907. The van der Waals surface area contributed by atoms with Crippen LogP contribution in [0.1, 0.15) is 25.7 Å². The quantitative estimate of drug-likeness (QED) is 0.780. The molecule has 2 unspecified atom stereocenters. The van der Waals surface area contributed by atoms with Crippen molar-refractivity contribution in [1.82, 2.24) is 0 Å². The van der Waals surface area contributed by atoms with Crippen molar-refractivity contribution in [2.75, 3.05) is 5.32 Å². The molecule has 102 valence electrons. The van der Waals surface area contributed by atoms with Gasteiger partial charge in [0.15, 0.2) is 0 Å². The molecule has 5 heteroatoms. The van der Waals surface area contributed by atoms with Crippen LogP contribution >= 0.6 is 0 Å². The maximum absolute atomic E-state index is 12.1. The number of phenolic OH excluding ortho intramolecular Hbond substituents is 1. The van der Waals surface area contributed by atoms with Gasteiger partial charge in [-0.2, -0.15) is 0 Å². The summed E-state index contributed by atoms with van der Waals surface area (Å²) in [7, 11) is 0. The number of carboxylic acid groups (broad SMARTS) is 1. The van der Waals surface area contributed by atoms with Gasteiger partial charge in [0.25, 0.3) is 0 Å². The molecule has 5 nitrogen and oxygen atoms in total. The first kappa shape index (κ1) is 13.4. The van der Waals surface area contributed by atoms with Crippen LogP contribution < -0.4 is 5.32 Å². The van der Waals surface area contributed by atoms with Crippen molar-refractivity contribution in [3.05, 3.63) is 24.3 Å². The summed E-state index contributed by atoms with van der Waals surface area (Å²) >= 11 is 0. The van der Waals surface area contributed by atoms with E-state index in [0.29, 0.717) is 18.5 Å². The predicted octanol–water partition coefficient (Wildman–Crippen LogP) is 2.22. The van der Waals surface area contributed by atoms with Gasteiger partial charge in [0, 0.05) is 11.8 Å². The lowest BCUT2D eigenvalue weighted by atomic mass is 9.78. The number of benzene rings is 1. The van der Waals surface area contributed by atoms with Gasteiger partial charge < -0.3 is 15.5 Å². The van der Waals surface area contributed by atoms with Crippen LogP contribution in [-0.2, 0) is 9.59 Å². The number of carboxylic acids is 1. The molecule has 0 aromatic heterocycles. The largest absolute Gasteiger partial charge is 0.508 e. The molecular weight excluding hydrogens is 246 g/mol. The molecule has 1 amide bonds. The summed E-state index contributed by atoms with van der Waals surface area (Å²) in [6.45, 7) is 0. The third-order valence-electron chi connectivity index (χ3n) is 3.53. The Morgan fingerprint density at radius 2 is 1.84 bits per heavy atom. The summed E-state index contributed by atoms with van der Waals surface area (Å²) in [4.78, 5) is 23.3. The van der Waals surface area contributed by atoms with Crippen molar-refractivity contribution in [2.24, 2.45) is 11.8 Å². The minimum absolute atomic E-state index is 0.0660. The Morgan fingerprint density at radius 3 is 2.47 bits per heavy atom. The number of nitrogens with one attached hydrogen (secondary N) is 1. The van der Waals surface area contributed by atoms with Gasteiger partial charge in [-0.3, -0.25) is 9.59 Å². The highest BCUT2D eigenvalue weighted by Crippen LogP contribution is 2.31. The lowest BCUT2D eigenvalue weighted by Crippen LogP contribution is -2.36. The van der Waals surface area contributed by atoms with E-state index in [1.807, 2.05) is 0 Å². The molecule has 1 aromatic rings. The van der Waals surface area contributed by atoms with Crippen molar-refractivity contribution >= 4 is 17.6 Å². The normalized spacial score (nSPS) is 22.7. The van der Waals surface area contributed by atoms with Gasteiger partial charge in [-0.1, -0.05) is 18.9 Å². The van der Waals surface area contributed by atoms with Crippen molar-refractivity contribution < 1.29 is 19.8 Å². The molecule has 0 radical (unpaired) electrons. The number of hydrogen-bond acceptors (Lipinski definition) is 3. The first-order valence-electron chi connectivity index (χ1n) is 6.40. The molecule has 2 rings (SSSR count). The Hall–Kier alpha value is -2.04. The third-order valence-corrected chi connectivity index (χ3v) is 3.53. The van der Waals surface area contributed by atoms with Gasteiger partial charge in [-0.25, -0.2) is 0 Å². The van der Waals surface area contributed by atoms with E-state index in [2.05, 4.69) is 5.32 Å². The van der Waals surface area contributed by atoms with Crippen LogP contribution in [0.15, 0.2) is 24.3 Å². The van der Waals surface area contributed by atoms with Gasteiger partial charge in [0.1, 0.15) is 5.75 Å². The topological polar surface area (TPSA) is 86.6 Å². The van der Waals surface area contributed by atoms with Crippen molar-refractivity contribution in [3.8, 4) is 5.75 Å². The zero-order chi connectivity index (χ0) is 13.8. The van der Waals surface area contributed by atoms with E-state index in [-0.39, 0.29) is 11.7 Å². The zero-order valence-electron chi connectivity index (χ0n) is 10.5. The molecule has 1 aliphatic rings. The van der Waals surface area contributed by atoms with Gasteiger partial charge in [0.05, 0.1) is 11.8 Å². The van der Waals surface area contributed by atoms with Crippen LogP contribution in [0, 0.1) is 11.8 Å². The summed E-state index contributed by atoms with van der Waals surface area (Å²) in [5.41, 5.74) is 0.486. The van der Waals surface area contributed by atoms with E-state index < -0.39 is 17.8 Å². The lowest BCUT2D eigenvalue weighted by Gasteiger charge is -2.27. The highest BCUT2D eigenvalue weighted by Gasteiger charge is 2.35. The molecule has 0 heterocycles. The van der Waals surface area contributed by atoms with Crippen LogP contribution in [0.2, 0.25) is 0 Å². The highest BCUT2D eigenvalue weighted by atomic mass is 16.4. The minimum Gasteiger partial charge on any atom is -0.508 e. The fourth-order valence-electron chi connectivity index (χ4n) is 2.56. The smallest absolute Gasteiger partial charge is 0.307 e. The zero-order valence-corrected chi connectivity index (χ0v) is 10.5. The van der Waals surface area contributed by atoms with E-state index in [4.69, 9.17) is 5.11 Å². The van der Waals surface area contributed by atoms with Gasteiger partial charge >= 0.3 is 5.97 Å². The summed E-state index contributed by atoms with van der Waals surface area (Å²) in [5, 5.41) is 21.2. The van der Waals surface area contributed by atoms with Crippen molar-refractivity contribution in [3.63, 3.8) is 0 Å². The second-order valence-electron chi connectivity index (χ2n) is 4.88. The SMILES string of the molecule is O=C(O)C1CCCCC1C(=O)Nc1cccc(O)c1. The lowest BCUT2D eigenvalue weighted by molar-refractivity contribution is -0.147. The summed E-state index contributed by atoms with van der Waals surface area (Å²) in [6, 6.07) is 6.24. The Balaban J connectivity index is 2.07. The Kier molecular flexibility index (Phi) is 4.04. The first-order valence-corrected chi connectivity index (χ1v) is 6.40. The molecule has 0 spiro atoms.